The number of hydrogen-bond donors (Lipinski definition) is 4. The number of anilines is 2. The molecule has 0 aliphatic rings. The molecule has 9 heteroatoms. The molecule has 0 amide bonds. The maximum absolute atomic E-state index is 5.92. The number of nitrogens with zero attached hydrogens (tertiary/aromatic N) is 5. The van der Waals surface area contributed by atoms with Crippen LogP contribution in [0.4, 0.5) is 11.4 Å². The molecule has 0 saturated heterocycles. The Hall–Kier alpha value is -3.56. The van der Waals surface area contributed by atoms with E-state index in [1.807, 2.05) is 55.3 Å². The molecule has 0 radical (unpaired) electrons. The lowest BCUT2D eigenvalue weighted by Crippen LogP contribution is -2.40. The molecule has 5 N–H and O–H groups in total. The van der Waals surface area contributed by atoms with Crippen LogP contribution < -0.4 is 16.4 Å². The standard InChI is InChI=1S/C18H19N9/c1-11-3-5-13(17-20-9-22-24-17)7-15(11)27(26-19)16-8-14(6-4-12(16)2)18-21-10-23-25-18/h3-10,26H,19H2,1-2H3,(H,20,22,24)(H,21,23,25). The van der Waals surface area contributed by atoms with E-state index in [0.29, 0.717) is 11.6 Å². The molecule has 0 unspecified atom stereocenters. The third kappa shape index (κ3) is 3.16. The number of rotatable bonds is 5. The van der Waals surface area contributed by atoms with Gasteiger partial charge in [-0.3, -0.25) is 10.9 Å². The zero-order chi connectivity index (χ0) is 18.8. The average Bonchev–Trinajstić information content (AvgIpc) is 3.39. The Labute approximate surface area is 155 Å². The highest BCUT2D eigenvalue weighted by molar-refractivity contribution is 5.75. The topological polar surface area (TPSA) is 124 Å². The van der Waals surface area contributed by atoms with Crippen LogP contribution >= 0.6 is 0 Å². The van der Waals surface area contributed by atoms with Crippen molar-refractivity contribution in [1.29, 1.82) is 0 Å². The summed E-state index contributed by atoms with van der Waals surface area (Å²) in [5.41, 5.74) is 8.56. The van der Waals surface area contributed by atoms with Crippen LogP contribution in [0.3, 0.4) is 0 Å². The third-order valence-electron chi connectivity index (χ3n) is 4.41. The summed E-state index contributed by atoms with van der Waals surface area (Å²) in [6.45, 7) is 4.05. The fraction of sp³-hybridized carbons (Fsp3) is 0.111. The minimum atomic E-state index is 0.695. The Balaban J connectivity index is 1.81. The smallest absolute Gasteiger partial charge is 0.161 e. The van der Waals surface area contributed by atoms with Crippen molar-refractivity contribution in [2.45, 2.75) is 13.8 Å². The summed E-state index contributed by atoms with van der Waals surface area (Å²) < 4.78 is 0. The van der Waals surface area contributed by atoms with E-state index < -0.39 is 0 Å². The first-order valence-corrected chi connectivity index (χ1v) is 8.38. The fourth-order valence-electron chi connectivity index (χ4n) is 2.96. The van der Waals surface area contributed by atoms with Crippen molar-refractivity contribution in [3.63, 3.8) is 0 Å². The summed E-state index contributed by atoms with van der Waals surface area (Å²) in [7, 11) is 0. The zero-order valence-corrected chi connectivity index (χ0v) is 14.9. The molecular weight excluding hydrogens is 342 g/mol. The molecule has 2 heterocycles. The number of nitrogens with two attached hydrogens (primary N) is 1. The highest BCUT2D eigenvalue weighted by Gasteiger charge is 2.16. The third-order valence-corrected chi connectivity index (χ3v) is 4.41. The monoisotopic (exact) mass is 361 g/mol. The normalized spacial score (nSPS) is 10.9. The molecule has 4 aromatic rings. The highest BCUT2D eigenvalue weighted by Crippen LogP contribution is 2.33. The van der Waals surface area contributed by atoms with Crippen LogP contribution in [0, 0.1) is 13.8 Å². The van der Waals surface area contributed by atoms with Crippen LogP contribution in [0.1, 0.15) is 11.1 Å². The van der Waals surface area contributed by atoms with E-state index in [1.165, 1.54) is 0 Å². The maximum atomic E-state index is 5.92. The predicted molar refractivity (Wildman–Crippen MR) is 103 cm³/mol. The van der Waals surface area contributed by atoms with Crippen LogP contribution in [-0.2, 0) is 0 Å². The number of benzene rings is 2. The lowest BCUT2D eigenvalue weighted by molar-refractivity contribution is 0.752. The van der Waals surface area contributed by atoms with Crippen LogP contribution in [0.2, 0.25) is 0 Å². The molecule has 27 heavy (non-hydrogen) atoms. The molecule has 2 aromatic heterocycles. The van der Waals surface area contributed by atoms with Crippen LogP contribution in [0.25, 0.3) is 22.8 Å². The Morgan fingerprint density at radius 2 is 1.30 bits per heavy atom. The van der Waals surface area contributed by atoms with Crippen LogP contribution in [0.5, 0.6) is 0 Å². The van der Waals surface area contributed by atoms with Crippen molar-refractivity contribution in [2.24, 2.45) is 5.84 Å². The summed E-state index contributed by atoms with van der Waals surface area (Å²) in [6.07, 6.45) is 3.11. The van der Waals surface area contributed by atoms with Gasteiger partial charge in [0.15, 0.2) is 11.6 Å². The molecule has 2 aromatic carbocycles. The Morgan fingerprint density at radius 1 is 0.815 bits per heavy atom. The Kier molecular flexibility index (Phi) is 4.37. The van der Waals surface area contributed by atoms with Gasteiger partial charge < -0.3 is 9.97 Å². The van der Waals surface area contributed by atoms with Gasteiger partial charge in [0.25, 0.3) is 0 Å². The summed E-state index contributed by atoms with van der Waals surface area (Å²) >= 11 is 0. The molecule has 9 nitrogen and oxygen atoms in total. The van der Waals surface area contributed by atoms with E-state index in [2.05, 4.69) is 35.9 Å². The number of hydrazine groups is 2. The quantitative estimate of drug-likeness (QED) is 0.318. The SMILES string of the molecule is Cc1ccc(-c2nnc[nH]2)cc1N(NN)c1cc(-c2nnc[nH]2)ccc1C. The second-order valence-corrected chi connectivity index (χ2v) is 6.14. The van der Waals surface area contributed by atoms with Crippen LogP contribution in [0.15, 0.2) is 49.1 Å². The molecular formula is C18H19N9. The van der Waals surface area contributed by atoms with Gasteiger partial charge in [0.05, 0.1) is 11.4 Å². The Morgan fingerprint density at radius 3 is 1.67 bits per heavy atom. The molecule has 0 atom stereocenters. The van der Waals surface area contributed by atoms with Gasteiger partial charge in [-0.25, -0.2) is 0 Å². The molecule has 0 spiro atoms. The summed E-state index contributed by atoms with van der Waals surface area (Å²) in [4.78, 5) is 6.05. The summed E-state index contributed by atoms with van der Waals surface area (Å²) in [6, 6.07) is 12.0. The number of hydrogen-bond acceptors (Lipinski definition) is 7. The van der Waals surface area contributed by atoms with Gasteiger partial charge in [-0.15, -0.1) is 20.4 Å². The van der Waals surface area contributed by atoms with Crippen molar-refractivity contribution in [3.05, 3.63) is 60.2 Å². The van der Waals surface area contributed by atoms with E-state index in [0.717, 1.165) is 33.6 Å². The molecule has 4 rings (SSSR count). The highest BCUT2D eigenvalue weighted by atomic mass is 15.6. The maximum Gasteiger partial charge on any atom is 0.161 e. The van der Waals surface area contributed by atoms with Gasteiger partial charge >= 0.3 is 0 Å². The number of aryl methyl sites for hydroxylation is 2. The van der Waals surface area contributed by atoms with Crippen molar-refractivity contribution in [3.8, 4) is 22.8 Å². The van der Waals surface area contributed by atoms with Crippen molar-refractivity contribution >= 4 is 11.4 Å². The van der Waals surface area contributed by atoms with Gasteiger partial charge in [0, 0.05) is 11.1 Å². The minimum absolute atomic E-state index is 0.695. The molecule has 0 aliphatic heterocycles. The van der Waals surface area contributed by atoms with E-state index in [9.17, 15) is 0 Å². The number of H-pyrrole nitrogens is 2. The van der Waals surface area contributed by atoms with Gasteiger partial charge in [-0.2, -0.15) is 5.53 Å². The lowest BCUT2D eigenvalue weighted by atomic mass is 10.1. The van der Waals surface area contributed by atoms with E-state index >= 15 is 0 Å². The minimum Gasteiger partial charge on any atom is -0.328 e. The Bertz CT molecular complexity index is 955. The molecule has 136 valence electrons. The lowest BCUT2D eigenvalue weighted by Gasteiger charge is -2.27. The van der Waals surface area contributed by atoms with E-state index in [4.69, 9.17) is 5.84 Å². The fourth-order valence-corrected chi connectivity index (χ4v) is 2.96. The van der Waals surface area contributed by atoms with E-state index in [1.54, 1.807) is 12.7 Å². The number of nitrogens with one attached hydrogen (secondary N) is 3. The van der Waals surface area contributed by atoms with Crippen molar-refractivity contribution in [2.75, 3.05) is 5.01 Å². The van der Waals surface area contributed by atoms with Gasteiger partial charge in [0.2, 0.25) is 0 Å². The first-order chi connectivity index (χ1) is 13.2. The second-order valence-electron chi connectivity index (χ2n) is 6.14. The molecule has 0 aliphatic carbocycles. The van der Waals surface area contributed by atoms with Gasteiger partial charge in [-0.05, 0) is 37.1 Å². The predicted octanol–water partition coefficient (Wildman–Crippen LogP) is 2.39. The number of aromatic amines is 2. The number of aromatic nitrogens is 6. The molecule has 0 bridgehead atoms. The summed E-state index contributed by atoms with van der Waals surface area (Å²) in [5.74, 6) is 7.31. The van der Waals surface area contributed by atoms with E-state index in [-0.39, 0.29) is 0 Å². The molecule has 0 saturated carbocycles. The first-order valence-electron chi connectivity index (χ1n) is 8.38. The van der Waals surface area contributed by atoms with Crippen LogP contribution in [-0.4, -0.2) is 30.4 Å². The summed E-state index contributed by atoms with van der Waals surface area (Å²) in [5, 5.41) is 17.7. The largest absolute Gasteiger partial charge is 0.328 e. The second kappa shape index (κ2) is 6.98. The van der Waals surface area contributed by atoms with Gasteiger partial charge in [-0.1, -0.05) is 24.3 Å². The van der Waals surface area contributed by atoms with Gasteiger partial charge in [0.1, 0.15) is 12.7 Å². The first kappa shape index (κ1) is 16.9. The van der Waals surface area contributed by atoms with Crippen molar-refractivity contribution in [1.82, 2.24) is 35.9 Å². The zero-order valence-electron chi connectivity index (χ0n) is 14.9. The van der Waals surface area contributed by atoms with Crippen molar-refractivity contribution < 1.29 is 0 Å². The average molecular weight is 361 g/mol. The molecule has 0 fully saturated rings.